The molecule has 1 spiro atoms. The third-order valence-electron chi connectivity index (χ3n) is 6.46. The largest absolute Gasteiger partial charge is 0.494 e. The Morgan fingerprint density at radius 3 is 2.75 bits per heavy atom. The second-order valence-corrected chi connectivity index (χ2v) is 7.90. The number of aliphatic hydroxyl groups excluding tert-OH is 1. The van der Waals surface area contributed by atoms with Crippen molar-refractivity contribution >= 4 is 0 Å². The lowest BCUT2D eigenvalue weighted by Gasteiger charge is -2.50. The van der Waals surface area contributed by atoms with E-state index in [0.29, 0.717) is 6.61 Å². The molecule has 0 radical (unpaired) electrons. The van der Waals surface area contributed by atoms with Gasteiger partial charge in [-0.05, 0) is 44.0 Å². The van der Waals surface area contributed by atoms with Gasteiger partial charge in [-0.2, -0.15) is 0 Å². The second kappa shape index (κ2) is 8.23. The van der Waals surface area contributed by atoms with Crippen molar-refractivity contribution in [1.29, 1.82) is 0 Å². The molecule has 4 rings (SSSR count). The number of nitrogens with one attached hydrogen (secondary N) is 1. The van der Waals surface area contributed by atoms with Gasteiger partial charge in [-0.3, -0.25) is 9.80 Å². The summed E-state index contributed by atoms with van der Waals surface area (Å²) in [7, 11) is 0. The maximum Gasteiger partial charge on any atom is 0.124 e. The van der Waals surface area contributed by atoms with E-state index >= 15 is 0 Å². The quantitative estimate of drug-likeness (QED) is 0.802. The number of aromatic nitrogens is 2. The van der Waals surface area contributed by atoms with Gasteiger partial charge in [-0.15, -0.1) is 0 Å². The molecule has 6 heteroatoms. The van der Waals surface area contributed by atoms with Crippen molar-refractivity contribution in [3.63, 3.8) is 0 Å². The third kappa shape index (κ3) is 3.45. The van der Waals surface area contributed by atoms with Crippen LogP contribution in [-0.4, -0.2) is 57.7 Å². The molecular formula is C22H32N4O2. The fourth-order valence-electron chi connectivity index (χ4n) is 5.03. The van der Waals surface area contributed by atoms with Crippen molar-refractivity contribution in [3.8, 4) is 5.75 Å². The Balaban J connectivity index is 1.46. The molecular weight excluding hydrogens is 352 g/mol. The van der Waals surface area contributed by atoms with Gasteiger partial charge in [-0.25, -0.2) is 4.98 Å². The number of ether oxygens (including phenoxy) is 1. The molecule has 0 amide bonds. The summed E-state index contributed by atoms with van der Waals surface area (Å²) in [5.74, 6) is 0.790. The van der Waals surface area contributed by atoms with E-state index in [1.165, 1.54) is 17.0 Å². The number of nitrogens with zero attached hydrogens (tertiary/aromatic N) is 3. The van der Waals surface area contributed by atoms with Gasteiger partial charge in [0.25, 0.3) is 0 Å². The zero-order valence-electron chi connectivity index (χ0n) is 17.1. The van der Waals surface area contributed by atoms with Crippen LogP contribution in [0, 0.1) is 0 Å². The molecule has 2 N–H and O–H groups in total. The lowest BCUT2D eigenvalue weighted by molar-refractivity contribution is 0.00708. The molecule has 0 atom stereocenters. The zero-order valence-corrected chi connectivity index (χ0v) is 17.1. The number of benzene rings is 1. The van der Waals surface area contributed by atoms with Crippen LogP contribution in [0.1, 0.15) is 49.2 Å². The lowest BCUT2D eigenvalue weighted by Crippen LogP contribution is -2.56. The highest BCUT2D eigenvalue weighted by Crippen LogP contribution is 2.42. The summed E-state index contributed by atoms with van der Waals surface area (Å²) < 4.78 is 5.61. The molecule has 28 heavy (non-hydrogen) atoms. The molecule has 0 saturated carbocycles. The first-order valence-corrected chi connectivity index (χ1v) is 10.6. The second-order valence-electron chi connectivity index (χ2n) is 7.90. The minimum Gasteiger partial charge on any atom is -0.494 e. The summed E-state index contributed by atoms with van der Waals surface area (Å²) in [5.41, 5.74) is 4.81. The molecule has 1 aromatic carbocycles. The molecule has 1 saturated heterocycles. The number of piperidine rings is 1. The Labute approximate surface area is 167 Å². The number of hydrogen-bond donors (Lipinski definition) is 2. The number of H-pyrrole nitrogens is 1. The molecule has 3 heterocycles. The number of fused-ring (bicyclic) bond motifs is 2. The minimum absolute atomic E-state index is 0.0136. The third-order valence-corrected chi connectivity index (χ3v) is 6.46. The topological polar surface area (TPSA) is 64.6 Å². The maximum atomic E-state index is 9.66. The van der Waals surface area contributed by atoms with Crippen LogP contribution < -0.4 is 4.74 Å². The predicted octanol–water partition coefficient (Wildman–Crippen LogP) is 2.67. The van der Waals surface area contributed by atoms with Crippen molar-refractivity contribution in [3.05, 3.63) is 47.0 Å². The van der Waals surface area contributed by atoms with Crippen LogP contribution in [0.2, 0.25) is 0 Å². The Bertz CT molecular complexity index is 796. The van der Waals surface area contributed by atoms with Gasteiger partial charge in [0.1, 0.15) is 5.75 Å². The summed E-state index contributed by atoms with van der Waals surface area (Å²) >= 11 is 0. The van der Waals surface area contributed by atoms with E-state index in [9.17, 15) is 5.11 Å². The van der Waals surface area contributed by atoms with Crippen LogP contribution in [0.25, 0.3) is 0 Å². The van der Waals surface area contributed by atoms with E-state index in [1.807, 2.05) is 19.3 Å². The van der Waals surface area contributed by atoms with Gasteiger partial charge in [0.15, 0.2) is 0 Å². The molecule has 0 unspecified atom stereocenters. The molecule has 2 aromatic rings. The first-order chi connectivity index (χ1) is 13.7. The highest BCUT2D eigenvalue weighted by atomic mass is 16.5. The monoisotopic (exact) mass is 384 g/mol. The standard InChI is InChI=1S/C22H32N4O2/c1-3-26-10-7-19-21(24-16-23-19)22(26)8-11-25(12-9-22)14-17-5-6-20(28-4-2)18(13-17)15-27/h5-6,13,16,27H,3-4,7-12,14-15H2,1-2H3,(H,23,24). The Hall–Kier alpha value is -1.89. The van der Waals surface area contributed by atoms with Crippen molar-refractivity contribution in [2.75, 3.05) is 32.8 Å². The van der Waals surface area contributed by atoms with E-state index in [4.69, 9.17) is 9.72 Å². The predicted molar refractivity (Wildman–Crippen MR) is 109 cm³/mol. The summed E-state index contributed by atoms with van der Waals surface area (Å²) in [6.07, 6.45) is 5.17. The van der Waals surface area contributed by atoms with Gasteiger partial charge < -0.3 is 14.8 Å². The van der Waals surface area contributed by atoms with Crippen molar-refractivity contribution in [2.24, 2.45) is 0 Å². The normalized spacial score (nSPS) is 19.7. The molecule has 6 nitrogen and oxygen atoms in total. The smallest absolute Gasteiger partial charge is 0.124 e. The number of aromatic amines is 1. The van der Waals surface area contributed by atoms with Crippen molar-refractivity contribution < 1.29 is 9.84 Å². The van der Waals surface area contributed by atoms with Crippen LogP contribution in [0.3, 0.4) is 0 Å². The van der Waals surface area contributed by atoms with Crippen molar-refractivity contribution in [2.45, 2.75) is 51.8 Å². The van der Waals surface area contributed by atoms with Crippen LogP contribution in [-0.2, 0) is 25.1 Å². The van der Waals surface area contributed by atoms with E-state index in [1.54, 1.807) is 0 Å². The summed E-state index contributed by atoms with van der Waals surface area (Å²) in [5, 5.41) is 9.66. The van der Waals surface area contributed by atoms with Gasteiger partial charge >= 0.3 is 0 Å². The van der Waals surface area contributed by atoms with Gasteiger partial charge in [0.05, 0.1) is 30.8 Å². The summed E-state index contributed by atoms with van der Waals surface area (Å²) in [4.78, 5) is 13.3. The molecule has 2 aliphatic heterocycles. The highest BCUT2D eigenvalue weighted by molar-refractivity contribution is 5.37. The molecule has 1 aromatic heterocycles. The molecule has 0 bridgehead atoms. The fourth-order valence-corrected chi connectivity index (χ4v) is 5.03. The number of aliphatic hydroxyl groups is 1. The average Bonchev–Trinajstić information content (AvgIpc) is 3.21. The maximum absolute atomic E-state index is 9.66. The average molecular weight is 385 g/mol. The van der Waals surface area contributed by atoms with Gasteiger partial charge in [0, 0.05) is 43.9 Å². The van der Waals surface area contributed by atoms with E-state index < -0.39 is 0 Å². The highest BCUT2D eigenvalue weighted by Gasteiger charge is 2.45. The van der Waals surface area contributed by atoms with E-state index in [0.717, 1.165) is 63.3 Å². The minimum atomic E-state index is 0.0136. The Morgan fingerprint density at radius 1 is 1.21 bits per heavy atom. The number of likely N-dealkylation sites (tertiary alicyclic amines) is 1. The van der Waals surface area contributed by atoms with E-state index in [2.05, 4.69) is 33.8 Å². The van der Waals surface area contributed by atoms with E-state index in [-0.39, 0.29) is 12.1 Å². The molecule has 1 fully saturated rings. The number of likely N-dealkylation sites (N-methyl/N-ethyl adjacent to an activating group) is 1. The molecule has 152 valence electrons. The summed E-state index contributed by atoms with van der Waals surface area (Å²) in [6, 6.07) is 6.20. The Morgan fingerprint density at radius 2 is 2.04 bits per heavy atom. The molecule has 0 aliphatic carbocycles. The summed E-state index contributed by atoms with van der Waals surface area (Å²) in [6.45, 7) is 10.1. The first kappa shape index (κ1) is 19.4. The van der Waals surface area contributed by atoms with Crippen LogP contribution in [0.5, 0.6) is 5.75 Å². The number of imidazole rings is 1. The number of hydrogen-bond acceptors (Lipinski definition) is 5. The first-order valence-electron chi connectivity index (χ1n) is 10.6. The number of rotatable bonds is 6. The van der Waals surface area contributed by atoms with Crippen LogP contribution in [0.4, 0.5) is 0 Å². The fraction of sp³-hybridized carbons (Fsp3) is 0.591. The van der Waals surface area contributed by atoms with Gasteiger partial charge in [-0.1, -0.05) is 13.0 Å². The Kier molecular flexibility index (Phi) is 5.71. The van der Waals surface area contributed by atoms with Gasteiger partial charge in [0.2, 0.25) is 0 Å². The van der Waals surface area contributed by atoms with Crippen LogP contribution >= 0.6 is 0 Å². The lowest BCUT2D eigenvalue weighted by atomic mass is 9.78. The zero-order chi connectivity index (χ0) is 19.6. The SMILES string of the molecule is CCOc1ccc(CN2CCC3(CC2)c2nc[nH]c2CCN3CC)cc1CO. The molecule has 2 aliphatic rings. The van der Waals surface area contributed by atoms with Crippen molar-refractivity contribution in [1.82, 2.24) is 19.8 Å². The van der Waals surface area contributed by atoms with Crippen LogP contribution in [0.15, 0.2) is 24.5 Å².